The number of carbonyl (C=O) groups is 1. The lowest BCUT2D eigenvalue weighted by molar-refractivity contribution is -0.114. The SMILES string of the molecule is N#Cc1ccc(Cl)cc1NC(=O)CNc1cccc(Br)c1. The molecule has 0 aromatic heterocycles. The van der Waals surface area contributed by atoms with Gasteiger partial charge in [-0.2, -0.15) is 5.26 Å². The topological polar surface area (TPSA) is 64.9 Å². The molecule has 0 heterocycles. The zero-order valence-electron chi connectivity index (χ0n) is 10.9. The second-order valence-corrected chi connectivity index (χ2v) is 5.57. The first-order chi connectivity index (χ1) is 10.1. The van der Waals surface area contributed by atoms with E-state index in [2.05, 4.69) is 26.6 Å². The van der Waals surface area contributed by atoms with E-state index in [1.54, 1.807) is 18.2 Å². The maximum atomic E-state index is 11.9. The molecule has 0 spiro atoms. The lowest BCUT2D eigenvalue weighted by Gasteiger charge is -2.09. The standard InChI is InChI=1S/C15H11BrClN3O/c16-11-2-1-3-13(6-11)19-9-15(21)20-14-7-12(17)5-4-10(14)8-18/h1-7,19H,9H2,(H,20,21). The summed E-state index contributed by atoms with van der Waals surface area (Å²) in [5.41, 5.74) is 1.60. The van der Waals surface area contributed by atoms with Crippen LogP contribution in [0, 0.1) is 11.3 Å². The van der Waals surface area contributed by atoms with Crippen LogP contribution in [-0.4, -0.2) is 12.5 Å². The quantitative estimate of drug-likeness (QED) is 0.861. The van der Waals surface area contributed by atoms with Crippen LogP contribution in [0.15, 0.2) is 46.9 Å². The first-order valence-electron chi connectivity index (χ1n) is 6.07. The largest absolute Gasteiger partial charge is 0.376 e. The highest BCUT2D eigenvalue weighted by molar-refractivity contribution is 9.10. The van der Waals surface area contributed by atoms with Crippen LogP contribution in [0.2, 0.25) is 5.02 Å². The molecule has 21 heavy (non-hydrogen) atoms. The van der Waals surface area contributed by atoms with Gasteiger partial charge in [0, 0.05) is 15.2 Å². The number of hydrogen-bond acceptors (Lipinski definition) is 3. The van der Waals surface area contributed by atoms with Crippen molar-refractivity contribution < 1.29 is 4.79 Å². The monoisotopic (exact) mass is 363 g/mol. The minimum Gasteiger partial charge on any atom is -0.376 e. The molecule has 4 nitrogen and oxygen atoms in total. The second-order valence-electron chi connectivity index (χ2n) is 4.21. The van der Waals surface area contributed by atoms with E-state index in [1.807, 2.05) is 30.3 Å². The average molecular weight is 365 g/mol. The number of amides is 1. The van der Waals surface area contributed by atoms with Crippen molar-refractivity contribution in [3.8, 4) is 6.07 Å². The minimum atomic E-state index is -0.256. The number of halogens is 2. The van der Waals surface area contributed by atoms with Crippen LogP contribution >= 0.6 is 27.5 Å². The van der Waals surface area contributed by atoms with Crippen molar-refractivity contribution in [3.05, 3.63) is 57.5 Å². The molecular formula is C15H11BrClN3O. The lowest BCUT2D eigenvalue weighted by atomic mass is 10.2. The molecule has 2 rings (SSSR count). The predicted octanol–water partition coefficient (Wildman–Crippen LogP) is 4.02. The van der Waals surface area contributed by atoms with Crippen molar-refractivity contribution in [2.75, 3.05) is 17.2 Å². The van der Waals surface area contributed by atoms with Gasteiger partial charge >= 0.3 is 0 Å². The summed E-state index contributed by atoms with van der Waals surface area (Å²) in [7, 11) is 0. The second kappa shape index (κ2) is 7.11. The maximum absolute atomic E-state index is 11.9. The third kappa shape index (κ3) is 4.48. The van der Waals surface area contributed by atoms with Crippen LogP contribution in [0.5, 0.6) is 0 Å². The third-order valence-electron chi connectivity index (χ3n) is 2.65. The highest BCUT2D eigenvalue weighted by atomic mass is 79.9. The Morgan fingerprint density at radius 2 is 2.10 bits per heavy atom. The van der Waals surface area contributed by atoms with Gasteiger partial charge < -0.3 is 10.6 Å². The summed E-state index contributed by atoms with van der Waals surface area (Å²) >= 11 is 9.22. The zero-order valence-corrected chi connectivity index (χ0v) is 13.2. The molecule has 2 aromatic rings. The van der Waals surface area contributed by atoms with E-state index >= 15 is 0 Å². The van der Waals surface area contributed by atoms with Crippen LogP contribution in [-0.2, 0) is 4.79 Å². The number of hydrogen-bond donors (Lipinski definition) is 2. The highest BCUT2D eigenvalue weighted by Crippen LogP contribution is 2.20. The molecule has 0 fully saturated rings. The van der Waals surface area contributed by atoms with Gasteiger partial charge in [0.15, 0.2) is 0 Å². The van der Waals surface area contributed by atoms with Gasteiger partial charge in [-0.25, -0.2) is 0 Å². The number of carbonyl (C=O) groups excluding carboxylic acids is 1. The van der Waals surface area contributed by atoms with Gasteiger partial charge in [-0.15, -0.1) is 0 Å². The number of nitrogens with one attached hydrogen (secondary N) is 2. The number of nitrogens with zero attached hydrogens (tertiary/aromatic N) is 1. The molecule has 0 atom stereocenters. The minimum absolute atomic E-state index is 0.0911. The molecule has 6 heteroatoms. The maximum Gasteiger partial charge on any atom is 0.243 e. The van der Waals surface area contributed by atoms with Crippen LogP contribution in [0.1, 0.15) is 5.56 Å². The van der Waals surface area contributed by atoms with E-state index in [9.17, 15) is 4.79 Å². The Balaban J connectivity index is 1.99. The van der Waals surface area contributed by atoms with Crippen molar-refractivity contribution in [3.63, 3.8) is 0 Å². The van der Waals surface area contributed by atoms with Crippen molar-refractivity contribution in [2.24, 2.45) is 0 Å². The molecule has 0 radical (unpaired) electrons. The molecule has 0 aliphatic carbocycles. The predicted molar refractivity (Wildman–Crippen MR) is 87.4 cm³/mol. The van der Waals surface area contributed by atoms with E-state index in [4.69, 9.17) is 16.9 Å². The van der Waals surface area contributed by atoms with Gasteiger partial charge in [0.05, 0.1) is 17.8 Å². The summed E-state index contributed by atoms with van der Waals surface area (Å²) in [5, 5.41) is 15.1. The molecule has 2 N–H and O–H groups in total. The number of rotatable bonds is 4. The fraction of sp³-hybridized carbons (Fsp3) is 0.0667. The molecule has 0 saturated heterocycles. The van der Waals surface area contributed by atoms with E-state index < -0.39 is 0 Å². The number of anilines is 2. The van der Waals surface area contributed by atoms with Crippen molar-refractivity contribution >= 4 is 44.8 Å². The van der Waals surface area contributed by atoms with Crippen LogP contribution in [0.4, 0.5) is 11.4 Å². The molecule has 0 bridgehead atoms. The van der Waals surface area contributed by atoms with Crippen LogP contribution < -0.4 is 10.6 Å². The Bertz CT molecular complexity index is 712. The van der Waals surface area contributed by atoms with Crippen molar-refractivity contribution in [1.82, 2.24) is 0 Å². The first kappa shape index (κ1) is 15.4. The Labute approximate surface area is 135 Å². The van der Waals surface area contributed by atoms with Gasteiger partial charge in [-0.3, -0.25) is 4.79 Å². The number of benzene rings is 2. The van der Waals surface area contributed by atoms with Crippen LogP contribution in [0.25, 0.3) is 0 Å². The fourth-order valence-electron chi connectivity index (χ4n) is 1.69. The summed E-state index contributed by atoms with van der Waals surface area (Å²) in [6.45, 7) is 0.0911. The average Bonchev–Trinajstić information content (AvgIpc) is 2.45. The molecule has 0 saturated carbocycles. The summed E-state index contributed by atoms with van der Waals surface area (Å²) < 4.78 is 0.925. The molecule has 0 unspecified atom stereocenters. The van der Waals surface area contributed by atoms with E-state index in [0.29, 0.717) is 16.3 Å². The Hall–Kier alpha value is -2.03. The van der Waals surface area contributed by atoms with Gasteiger partial charge in [0.2, 0.25) is 5.91 Å². The van der Waals surface area contributed by atoms with E-state index in [-0.39, 0.29) is 12.5 Å². The Kier molecular flexibility index (Phi) is 5.20. The van der Waals surface area contributed by atoms with Crippen molar-refractivity contribution in [1.29, 1.82) is 5.26 Å². The number of nitriles is 1. The van der Waals surface area contributed by atoms with Gasteiger partial charge in [-0.1, -0.05) is 33.6 Å². The van der Waals surface area contributed by atoms with Crippen LogP contribution in [0.3, 0.4) is 0 Å². The highest BCUT2D eigenvalue weighted by Gasteiger charge is 2.07. The summed E-state index contributed by atoms with van der Waals surface area (Å²) in [5.74, 6) is -0.256. The lowest BCUT2D eigenvalue weighted by Crippen LogP contribution is -2.22. The molecule has 0 aliphatic rings. The van der Waals surface area contributed by atoms with Gasteiger partial charge in [0.25, 0.3) is 0 Å². The zero-order chi connectivity index (χ0) is 15.2. The Morgan fingerprint density at radius 3 is 2.81 bits per heavy atom. The normalized spacial score (nSPS) is 9.76. The van der Waals surface area contributed by atoms with Crippen molar-refractivity contribution in [2.45, 2.75) is 0 Å². The first-order valence-corrected chi connectivity index (χ1v) is 7.24. The molecule has 1 amide bonds. The van der Waals surface area contributed by atoms with E-state index in [1.165, 1.54) is 0 Å². The van der Waals surface area contributed by atoms with Gasteiger partial charge in [-0.05, 0) is 36.4 Å². The van der Waals surface area contributed by atoms with E-state index in [0.717, 1.165) is 10.2 Å². The molecule has 106 valence electrons. The molecule has 0 aliphatic heterocycles. The third-order valence-corrected chi connectivity index (χ3v) is 3.38. The fourth-order valence-corrected chi connectivity index (χ4v) is 2.26. The summed E-state index contributed by atoms with van der Waals surface area (Å²) in [6.07, 6.45) is 0. The molecular weight excluding hydrogens is 354 g/mol. The summed E-state index contributed by atoms with van der Waals surface area (Å²) in [4.78, 5) is 11.9. The smallest absolute Gasteiger partial charge is 0.243 e. The molecule has 2 aromatic carbocycles. The van der Waals surface area contributed by atoms with Gasteiger partial charge in [0.1, 0.15) is 6.07 Å². The Morgan fingerprint density at radius 1 is 1.29 bits per heavy atom. The summed E-state index contributed by atoms with van der Waals surface area (Å²) in [6, 6.07) is 14.2.